The van der Waals surface area contributed by atoms with Crippen LogP contribution >= 0.6 is 0 Å². The van der Waals surface area contributed by atoms with Crippen LogP contribution in [0.3, 0.4) is 0 Å². The molecule has 0 aliphatic carbocycles. The number of rotatable bonds is 6. The number of nitrogens with one attached hydrogen (secondary N) is 1. The summed E-state index contributed by atoms with van der Waals surface area (Å²) in [5.41, 5.74) is 1.42. The molecule has 0 spiro atoms. The molecule has 0 radical (unpaired) electrons. The highest BCUT2D eigenvalue weighted by molar-refractivity contribution is 5.90. The second kappa shape index (κ2) is 7.70. The smallest absolute Gasteiger partial charge is 0.291 e. The second-order valence-corrected chi connectivity index (χ2v) is 6.51. The highest BCUT2D eigenvalue weighted by Gasteiger charge is 2.41. The average molecular weight is 356 g/mol. The summed E-state index contributed by atoms with van der Waals surface area (Å²) < 4.78 is 11.6. The van der Waals surface area contributed by atoms with E-state index in [2.05, 4.69) is 15.3 Å². The van der Waals surface area contributed by atoms with Gasteiger partial charge < -0.3 is 19.7 Å². The van der Waals surface area contributed by atoms with Gasteiger partial charge in [0.1, 0.15) is 18.0 Å². The van der Waals surface area contributed by atoms with Gasteiger partial charge in [0.25, 0.3) is 5.91 Å². The summed E-state index contributed by atoms with van der Waals surface area (Å²) in [7, 11) is 3.44. The van der Waals surface area contributed by atoms with Crippen LogP contribution in [0.25, 0.3) is 0 Å². The van der Waals surface area contributed by atoms with Crippen LogP contribution in [0.5, 0.6) is 5.75 Å². The lowest BCUT2D eigenvalue weighted by Crippen LogP contribution is -2.42. The van der Waals surface area contributed by atoms with Crippen LogP contribution in [0.4, 0.5) is 5.69 Å². The van der Waals surface area contributed by atoms with Crippen LogP contribution in [0.15, 0.2) is 36.7 Å². The highest BCUT2D eigenvalue weighted by atomic mass is 16.5. The van der Waals surface area contributed by atoms with Gasteiger partial charge >= 0.3 is 0 Å². The van der Waals surface area contributed by atoms with E-state index < -0.39 is 5.60 Å². The summed E-state index contributed by atoms with van der Waals surface area (Å²) in [6, 6.07) is 7.89. The zero-order valence-corrected chi connectivity index (χ0v) is 15.4. The van der Waals surface area contributed by atoms with Crippen LogP contribution in [-0.4, -0.2) is 60.2 Å². The Balaban J connectivity index is 1.63. The third-order valence-electron chi connectivity index (χ3n) is 4.69. The number of amides is 1. The Hall–Kier alpha value is -2.67. The predicted octanol–water partition coefficient (Wildman–Crippen LogP) is 2.14. The van der Waals surface area contributed by atoms with E-state index in [1.807, 2.05) is 31.2 Å². The molecule has 0 unspecified atom stereocenters. The van der Waals surface area contributed by atoms with Gasteiger partial charge in [-0.2, -0.15) is 0 Å². The molecule has 1 fully saturated rings. The number of likely N-dealkylation sites (tertiary alicyclic amines) is 1. The molecule has 0 bridgehead atoms. The van der Waals surface area contributed by atoms with E-state index in [-0.39, 0.29) is 11.7 Å². The van der Waals surface area contributed by atoms with E-state index in [0.29, 0.717) is 26.1 Å². The highest BCUT2D eigenvalue weighted by Crippen LogP contribution is 2.27. The van der Waals surface area contributed by atoms with Crippen molar-refractivity contribution < 1.29 is 14.3 Å². The first-order valence-electron chi connectivity index (χ1n) is 8.59. The Labute approximate surface area is 153 Å². The van der Waals surface area contributed by atoms with Crippen molar-refractivity contribution in [2.75, 3.05) is 39.2 Å². The number of nitrogens with zero attached hydrogens (tertiary/aromatic N) is 3. The quantitative estimate of drug-likeness (QED) is 0.855. The summed E-state index contributed by atoms with van der Waals surface area (Å²) in [4.78, 5) is 22.6. The van der Waals surface area contributed by atoms with Crippen molar-refractivity contribution in [1.29, 1.82) is 0 Å². The van der Waals surface area contributed by atoms with E-state index >= 15 is 0 Å². The van der Waals surface area contributed by atoms with Gasteiger partial charge in [0, 0.05) is 20.7 Å². The molecule has 1 aliphatic heterocycles. The van der Waals surface area contributed by atoms with Gasteiger partial charge in [-0.3, -0.25) is 4.79 Å². The number of hydrogen-bond acceptors (Lipinski definition) is 6. The Bertz CT molecular complexity index is 748. The molecule has 26 heavy (non-hydrogen) atoms. The molecular weight excluding hydrogens is 332 g/mol. The van der Waals surface area contributed by atoms with Crippen molar-refractivity contribution in [3.8, 4) is 5.75 Å². The molecule has 138 valence electrons. The minimum Gasteiger partial charge on any atom is -0.491 e. The molecular formula is C19H24N4O3. The molecule has 3 rings (SSSR count). The van der Waals surface area contributed by atoms with Crippen LogP contribution in [0.2, 0.25) is 0 Å². The third-order valence-corrected chi connectivity index (χ3v) is 4.69. The maximum Gasteiger partial charge on any atom is 0.291 e. The molecule has 0 saturated carbocycles. The first-order chi connectivity index (χ1) is 12.5. The number of benzene rings is 1. The SMILES string of the molecule is CNc1cnc(C(=O)N2CC[C@](COc3ccc(C)cc3)(OC)C2)nc1. The predicted molar refractivity (Wildman–Crippen MR) is 98.5 cm³/mol. The van der Waals surface area contributed by atoms with Crippen molar-refractivity contribution in [1.82, 2.24) is 14.9 Å². The van der Waals surface area contributed by atoms with E-state index in [9.17, 15) is 4.79 Å². The summed E-state index contributed by atoms with van der Waals surface area (Å²) in [5, 5.41) is 2.93. The van der Waals surface area contributed by atoms with Crippen LogP contribution in [0, 0.1) is 6.92 Å². The number of methoxy groups -OCH3 is 1. The molecule has 2 heterocycles. The number of aromatic nitrogens is 2. The topological polar surface area (TPSA) is 76.6 Å². The van der Waals surface area contributed by atoms with E-state index in [1.165, 1.54) is 5.56 Å². The Morgan fingerprint density at radius 1 is 1.27 bits per heavy atom. The number of ether oxygens (including phenoxy) is 2. The standard InChI is InChI=1S/C19H24N4O3/c1-14-4-6-16(7-5-14)26-13-19(25-3)8-9-23(12-19)18(24)17-21-10-15(20-2)11-22-17/h4-7,10-11,20H,8-9,12-13H2,1-3H3/t19-/m0/s1. The molecule has 7 nitrogen and oxygen atoms in total. The van der Waals surface area contributed by atoms with Crippen molar-refractivity contribution in [3.05, 3.63) is 48.0 Å². The fourth-order valence-corrected chi connectivity index (χ4v) is 2.92. The van der Waals surface area contributed by atoms with Gasteiger partial charge in [0.05, 0.1) is 24.6 Å². The fourth-order valence-electron chi connectivity index (χ4n) is 2.92. The minimum absolute atomic E-state index is 0.190. The zero-order chi connectivity index (χ0) is 18.6. The van der Waals surface area contributed by atoms with Crippen LogP contribution < -0.4 is 10.1 Å². The first-order valence-corrected chi connectivity index (χ1v) is 8.59. The molecule has 7 heteroatoms. The summed E-state index contributed by atoms with van der Waals surface area (Å²) >= 11 is 0. The molecule has 1 atom stereocenters. The summed E-state index contributed by atoms with van der Waals surface area (Å²) in [5.74, 6) is 0.792. The molecule has 1 saturated heterocycles. The average Bonchev–Trinajstić information content (AvgIpc) is 3.12. The van der Waals surface area contributed by atoms with Gasteiger partial charge in [-0.15, -0.1) is 0 Å². The van der Waals surface area contributed by atoms with E-state index in [0.717, 1.165) is 11.4 Å². The van der Waals surface area contributed by atoms with E-state index in [1.54, 1.807) is 31.5 Å². The Kier molecular flexibility index (Phi) is 5.37. The van der Waals surface area contributed by atoms with Crippen molar-refractivity contribution in [2.45, 2.75) is 18.9 Å². The molecule has 1 aliphatic rings. The van der Waals surface area contributed by atoms with Crippen molar-refractivity contribution in [2.24, 2.45) is 0 Å². The van der Waals surface area contributed by atoms with Gasteiger partial charge in [-0.1, -0.05) is 17.7 Å². The van der Waals surface area contributed by atoms with Gasteiger partial charge in [-0.25, -0.2) is 9.97 Å². The third kappa shape index (κ3) is 3.94. The van der Waals surface area contributed by atoms with Gasteiger partial charge in [0.15, 0.2) is 0 Å². The van der Waals surface area contributed by atoms with Gasteiger partial charge in [0.2, 0.25) is 5.82 Å². The maximum atomic E-state index is 12.6. The normalized spacial score (nSPS) is 19.4. The molecule has 2 aromatic rings. The summed E-state index contributed by atoms with van der Waals surface area (Å²) in [6.45, 7) is 3.45. The molecule has 1 aromatic carbocycles. The summed E-state index contributed by atoms with van der Waals surface area (Å²) in [6.07, 6.45) is 3.90. The van der Waals surface area contributed by atoms with Crippen LogP contribution in [-0.2, 0) is 4.74 Å². The number of anilines is 1. The fraction of sp³-hybridized carbons (Fsp3) is 0.421. The first kappa shape index (κ1) is 18.1. The second-order valence-electron chi connectivity index (χ2n) is 6.51. The van der Waals surface area contributed by atoms with Crippen molar-refractivity contribution >= 4 is 11.6 Å². The van der Waals surface area contributed by atoms with Crippen molar-refractivity contribution in [3.63, 3.8) is 0 Å². The molecule has 1 amide bonds. The number of carbonyl (C=O) groups excluding carboxylic acids is 1. The lowest BCUT2D eigenvalue weighted by atomic mass is 10.0. The minimum atomic E-state index is -0.522. The monoisotopic (exact) mass is 356 g/mol. The molecule has 1 aromatic heterocycles. The van der Waals surface area contributed by atoms with Crippen LogP contribution in [0.1, 0.15) is 22.6 Å². The maximum absolute atomic E-state index is 12.6. The lowest BCUT2D eigenvalue weighted by molar-refractivity contribution is -0.0343. The largest absolute Gasteiger partial charge is 0.491 e. The van der Waals surface area contributed by atoms with Gasteiger partial charge in [-0.05, 0) is 25.5 Å². The number of hydrogen-bond donors (Lipinski definition) is 1. The zero-order valence-electron chi connectivity index (χ0n) is 15.4. The Morgan fingerprint density at radius 2 is 1.96 bits per heavy atom. The van der Waals surface area contributed by atoms with E-state index in [4.69, 9.17) is 9.47 Å². The molecule has 1 N–H and O–H groups in total. The Morgan fingerprint density at radius 3 is 2.58 bits per heavy atom. The number of aryl methyl sites for hydroxylation is 1. The lowest BCUT2D eigenvalue weighted by Gasteiger charge is -2.27. The number of carbonyl (C=O) groups is 1.